The monoisotopic (exact) mass is 285 g/mol. The van der Waals surface area contributed by atoms with Crippen LogP contribution < -0.4 is 11.1 Å². The largest absolute Gasteiger partial charge is 0.368 e. The molecule has 0 amide bonds. The van der Waals surface area contributed by atoms with Crippen molar-refractivity contribution in [1.82, 2.24) is 19.6 Å². The number of nitriles is 1. The molecule has 8 heteroatoms. The molecule has 0 unspecified atom stereocenters. The van der Waals surface area contributed by atoms with Gasteiger partial charge in [-0.25, -0.2) is 9.97 Å². The molecule has 1 aromatic carbocycles. The molecule has 3 N–H and O–H groups in total. The van der Waals surface area contributed by atoms with E-state index in [-0.39, 0.29) is 5.95 Å². The molecular weight excluding hydrogens is 278 g/mol. The van der Waals surface area contributed by atoms with Crippen molar-refractivity contribution in [3.05, 3.63) is 41.2 Å². The highest BCUT2D eigenvalue weighted by molar-refractivity contribution is 6.30. The number of hydrogen-bond donors (Lipinski definition) is 2. The van der Waals surface area contributed by atoms with Crippen molar-refractivity contribution in [2.45, 2.75) is 0 Å². The van der Waals surface area contributed by atoms with Crippen LogP contribution in [0.3, 0.4) is 0 Å². The summed E-state index contributed by atoms with van der Waals surface area (Å²) in [7, 11) is 0. The number of aromatic nitrogens is 4. The molecule has 2 aromatic heterocycles. The molecule has 0 aliphatic carbocycles. The molecule has 0 spiro atoms. The van der Waals surface area contributed by atoms with Gasteiger partial charge in [0.2, 0.25) is 5.95 Å². The number of fused-ring (bicyclic) bond motifs is 1. The molecule has 3 aromatic rings. The van der Waals surface area contributed by atoms with E-state index in [4.69, 9.17) is 17.3 Å². The van der Waals surface area contributed by atoms with Crippen LogP contribution in [0.25, 0.3) is 5.65 Å². The number of nitrogens with zero attached hydrogens (tertiary/aromatic N) is 5. The number of rotatable bonds is 2. The second-order valence-corrected chi connectivity index (χ2v) is 4.37. The summed E-state index contributed by atoms with van der Waals surface area (Å²) in [5.41, 5.74) is 7.11. The maximum Gasteiger partial charge on any atom is 0.224 e. The quantitative estimate of drug-likeness (QED) is 0.746. The van der Waals surface area contributed by atoms with Crippen LogP contribution in [0.15, 0.2) is 30.6 Å². The number of hydrogen-bond acceptors (Lipinski definition) is 6. The van der Waals surface area contributed by atoms with Crippen LogP contribution in [0.2, 0.25) is 5.02 Å². The van der Waals surface area contributed by atoms with Gasteiger partial charge in [0.15, 0.2) is 11.5 Å². The van der Waals surface area contributed by atoms with Crippen LogP contribution in [-0.4, -0.2) is 19.6 Å². The Morgan fingerprint density at radius 1 is 1.25 bits per heavy atom. The first-order valence-electron chi connectivity index (χ1n) is 5.61. The molecule has 0 aliphatic heterocycles. The normalized spacial score (nSPS) is 10.4. The highest BCUT2D eigenvalue weighted by Gasteiger charge is 2.15. The molecule has 0 saturated heterocycles. The lowest BCUT2D eigenvalue weighted by Gasteiger charge is -2.02. The van der Waals surface area contributed by atoms with Crippen molar-refractivity contribution in [3.63, 3.8) is 0 Å². The predicted molar refractivity (Wildman–Crippen MR) is 74.6 cm³/mol. The van der Waals surface area contributed by atoms with Crippen LogP contribution in [-0.2, 0) is 0 Å². The molecule has 0 saturated carbocycles. The average molecular weight is 286 g/mol. The molecule has 20 heavy (non-hydrogen) atoms. The van der Waals surface area contributed by atoms with Gasteiger partial charge in [-0.3, -0.25) is 0 Å². The molecule has 2 heterocycles. The van der Waals surface area contributed by atoms with Gasteiger partial charge in [-0.2, -0.15) is 9.78 Å². The Hall–Kier alpha value is -2.85. The fourth-order valence-electron chi connectivity index (χ4n) is 1.75. The van der Waals surface area contributed by atoms with Crippen molar-refractivity contribution in [3.8, 4) is 6.07 Å². The zero-order valence-electron chi connectivity index (χ0n) is 10.1. The van der Waals surface area contributed by atoms with E-state index >= 15 is 0 Å². The number of halogens is 1. The summed E-state index contributed by atoms with van der Waals surface area (Å²) < 4.78 is 1.32. The van der Waals surface area contributed by atoms with E-state index in [1.165, 1.54) is 10.8 Å². The molecule has 0 aliphatic rings. The van der Waals surface area contributed by atoms with E-state index in [1.54, 1.807) is 24.3 Å². The number of nitrogens with one attached hydrogen (secondary N) is 1. The van der Waals surface area contributed by atoms with Crippen LogP contribution >= 0.6 is 11.6 Å². The molecule has 7 nitrogen and oxygen atoms in total. The summed E-state index contributed by atoms with van der Waals surface area (Å²) in [6.07, 6.45) is 1.29. The first kappa shape index (κ1) is 12.2. The zero-order valence-corrected chi connectivity index (χ0v) is 10.8. The lowest BCUT2D eigenvalue weighted by atomic mass is 10.3. The van der Waals surface area contributed by atoms with Gasteiger partial charge in [-0.1, -0.05) is 11.6 Å². The second-order valence-electron chi connectivity index (χ2n) is 3.93. The van der Waals surface area contributed by atoms with Crippen LogP contribution in [0, 0.1) is 11.3 Å². The third-order valence-electron chi connectivity index (χ3n) is 2.67. The summed E-state index contributed by atoms with van der Waals surface area (Å²) in [6, 6.07) is 9.09. The Morgan fingerprint density at radius 3 is 2.70 bits per heavy atom. The summed E-state index contributed by atoms with van der Waals surface area (Å²) >= 11 is 5.82. The minimum atomic E-state index is 0.163. The third kappa shape index (κ3) is 1.98. The summed E-state index contributed by atoms with van der Waals surface area (Å²) in [4.78, 5) is 7.84. The number of nitrogens with two attached hydrogens (primary N) is 1. The zero-order chi connectivity index (χ0) is 14.1. The Labute approximate surface area is 118 Å². The summed E-state index contributed by atoms with van der Waals surface area (Å²) in [5, 5.41) is 17.1. The lowest BCUT2D eigenvalue weighted by Crippen LogP contribution is -2.02. The Kier molecular flexibility index (Phi) is 2.85. The van der Waals surface area contributed by atoms with Gasteiger partial charge in [-0.15, -0.1) is 5.10 Å². The highest BCUT2D eigenvalue weighted by atomic mass is 35.5. The van der Waals surface area contributed by atoms with Crippen LogP contribution in [0.5, 0.6) is 0 Å². The minimum Gasteiger partial charge on any atom is -0.368 e. The van der Waals surface area contributed by atoms with E-state index in [0.29, 0.717) is 22.1 Å². The maximum atomic E-state index is 9.25. The first-order chi connectivity index (χ1) is 9.69. The molecule has 98 valence electrons. The SMILES string of the molecule is N#Cc1c(Nc2ccc(Cl)cc2)nn2c(N)ncnc12. The van der Waals surface area contributed by atoms with Gasteiger partial charge in [0.25, 0.3) is 0 Å². The average Bonchev–Trinajstić information content (AvgIpc) is 2.80. The van der Waals surface area contributed by atoms with Crippen molar-refractivity contribution >= 4 is 34.7 Å². The lowest BCUT2D eigenvalue weighted by molar-refractivity contribution is 0.912. The van der Waals surface area contributed by atoms with Crippen molar-refractivity contribution in [2.75, 3.05) is 11.1 Å². The standard InChI is InChI=1S/C12H8ClN7/c13-7-1-3-8(4-2-7)18-10-9(5-14)11-16-6-17-12(15)20(11)19-10/h1-4,6H,(H,18,19)(H2,15,16,17). The highest BCUT2D eigenvalue weighted by Crippen LogP contribution is 2.23. The third-order valence-corrected chi connectivity index (χ3v) is 2.92. The van der Waals surface area contributed by atoms with Gasteiger partial charge < -0.3 is 11.1 Å². The van der Waals surface area contributed by atoms with Gasteiger partial charge in [0.1, 0.15) is 18.0 Å². The van der Waals surface area contributed by atoms with E-state index in [9.17, 15) is 5.26 Å². The minimum absolute atomic E-state index is 0.163. The number of anilines is 3. The van der Waals surface area contributed by atoms with Gasteiger partial charge in [0, 0.05) is 10.7 Å². The Bertz CT molecular complexity index is 816. The molecule has 3 rings (SSSR count). The van der Waals surface area contributed by atoms with Crippen molar-refractivity contribution < 1.29 is 0 Å². The van der Waals surface area contributed by atoms with Gasteiger partial charge >= 0.3 is 0 Å². The molecule has 0 bridgehead atoms. The van der Waals surface area contributed by atoms with E-state index in [0.717, 1.165) is 5.69 Å². The fraction of sp³-hybridized carbons (Fsp3) is 0. The topological polar surface area (TPSA) is 105 Å². The molecule has 0 radical (unpaired) electrons. The summed E-state index contributed by atoms with van der Waals surface area (Å²) in [5.74, 6) is 0.526. The second kappa shape index (κ2) is 4.68. The van der Waals surface area contributed by atoms with E-state index in [2.05, 4.69) is 26.5 Å². The maximum absolute atomic E-state index is 9.25. The van der Waals surface area contributed by atoms with Crippen molar-refractivity contribution in [1.29, 1.82) is 5.26 Å². The Morgan fingerprint density at radius 2 is 2.00 bits per heavy atom. The Balaban J connectivity index is 2.10. The number of benzene rings is 1. The first-order valence-corrected chi connectivity index (χ1v) is 5.99. The van der Waals surface area contributed by atoms with Gasteiger partial charge in [0.05, 0.1) is 0 Å². The number of nitrogen functional groups attached to an aromatic ring is 1. The van der Waals surface area contributed by atoms with Crippen molar-refractivity contribution in [2.24, 2.45) is 0 Å². The smallest absolute Gasteiger partial charge is 0.224 e. The predicted octanol–water partition coefficient (Wildman–Crippen LogP) is 1.98. The van der Waals surface area contributed by atoms with E-state index < -0.39 is 0 Å². The fourth-order valence-corrected chi connectivity index (χ4v) is 1.87. The van der Waals surface area contributed by atoms with Crippen LogP contribution in [0.4, 0.5) is 17.5 Å². The summed E-state index contributed by atoms with van der Waals surface area (Å²) in [6.45, 7) is 0. The van der Waals surface area contributed by atoms with Gasteiger partial charge in [-0.05, 0) is 24.3 Å². The van der Waals surface area contributed by atoms with Crippen LogP contribution in [0.1, 0.15) is 5.56 Å². The molecular formula is C12H8ClN7. The molecule has 0 atom stereocenters. The molecule has 0 fully saturated rings. The van der Waals surface area contributed by atoms with E-state index in [1.807, 2.05) is 0 Å².